The number of urea groups is 1. The highest BCUT2D eigenvalue weighted by Crippen LogP contribution is 2.32. The van der Waals surface area contributed by atoms with Gasteiger partial charge >= 0.3 is 6.03 Å². The van der Waals surface area contributed by atoms with Crippen LogP contribution >= 0.6 is 0 Å². The first-order valence-corrected chi connectivity index (χ1v) is 9.02. The van der Waals surface area contributed by atoms with Gasteiger partial charge < -0.3 is 15.1 Å². The molecule has 0 bridgehead atoms. The lowest BCUT2D eigenvalue weighted by atomic mass is 10.0. The number of carbonyl (C=O) groups excluding carboxylic acids is 4. The molecule has 0 aromatic rings. The average Bonchev–Trinajstić information content (AvgIpc) is 3.35. The second-order valence-corrected chi connectivity index (χ2v) is 7.53. The van der Waals surface area contributed by atoms with Crippen molar-refractivity contribution in [2.75, 3.05) is 32.7 Å². The summed E-state index contributed by atoms with van der Waals surface area (Å²) in [5.74, 6) is 0.249. The molecule has 138 valence electrons. The first-order chi connectivity index (χ1) is 11.9. The van der Waals surface area contributed by atoms with E-state index >= 15 is 0 Å². The number of nitrogens with zero attached hydrogens (tertiary/aromatic N) is 3. The van der Waals surface area contributed by atoms with E-state index in [-0.39, 0.29) is 42.8 Å². The van der Waals surface area contributed by atoms with Crippen LogP contribution in [0.5, 0.6) is 0 Å². The predicted octanol–water partition coefficient (Wildman–Crippen LogP) is 0.0337. The van der Waals surface area contributed by atoms with E-state index in [4.69, 9.17) is 0 Å². The van der Waals surface area contributed by atoms with Crippen molar-refractivity contribution in [3.8, 4) is 0 Å². The van der Waals surface area contributed by atoms with E-state index < -0.39 is 6.03 Å². The Hall–Kier alpha value is -2.12. The van der Waals surface area contributed by atoms with Gasteiger partial charge in [-0.25, -0.2) is 4.79 Å². The SMILES string of the molecule is CC(C)C1CN(C(=O)CN2C(=O)CNC2=O)CCC(=O)N1CC1CC1. The summed E-state index contributed by atoms with van der Waals surface area (Å²) in [6, 6.07) is -0.553. The van der Waals surface area contributed by atoms with Crippen LogP contribution in [0.25, 0.3) is 0 Å². The lowest BCUT2D eigenvalue weighted by Gasteiger charge is -2.35. The van der Waals surface area contributed by atoms with E-state index in [0.29, 0.717) is 25.4 Å². The van der Waals surface area contributed by atoms with Crippen molar-refractivity contribution >= 4 is 23.8 Å². The Morgan fingerprint density at radius 3 is 2.48 bits per heavy atom. The fourth-order valence-electron chi connectivity index (χ4n) is 3.44. The second-order valence-electron chi connectivity index (χ2n) is 7.53. The molecule has 8 heteroatoms. The zero-order valence-electron chi connectivity index (χ0n) is 14.9. The van der Waals surface area contributed by atoms with Gasteiger partial charge in [0.25, 0.3) is 5.91 Å². The normalized spacial score (nSPS) is 24.8. The van der Waals surface area contributed by atoms with Crippen LogP contribution in [0.15, 0.2) is 0 Å². The third-order valence-corrected chi connectivity index (χ3v) is 5.23. The van der Waals surface area contributed by atoms with Crippen LogP contribution in [-0.2, 0) is 14.4 Å². The number of carbonyl (C=O) groups is 4. The molecule has 1 saturated carbocycles. The van der Waals surface area contributed by atoms with Crippen molar-refractivity contribution in [2.45, 2.75) is 39.2 Å². The predicted molar refractivity (Wildman–Crippen MR) is 89.4 cm³/mol. The van der Waals surface area contributed by atoms with Crippen molar-refractivity contribution in [1.82, 2.24) is 20.0 Å². The molecule has 0 aromatic carbocycles. The van der Waals surface area contributed by atoms with Crippen LogP contribution in [0.4, 0.5) is 4.79 Å². The van der Waals surface area contributed by atoms with Crippen molar-refractivity contribution in [3.05, 3.63) is 0 Å². The van der Waals surface area contributed by atoms with Crippen LogP contribution in [0, 0.1) is 11.8 Å². The molecule has 0 spiro atoms. The van der Waals surface area contributed by atoms with Crippen LogP contribution in [0.3, 0.4) is 0 Å². The highest BCUT2D eigenvalue weighted by Gasteiger charge is 2.38. The van der Waals surface area contributed by atoms with Gasteiger partial charge in [-0.3, -0.25) is 19.3 Å². The molecule has 1 atom stereocenters. The van der Waals surface area contributed by atoms with E-state index in [9.17, 15) is 19.2 Å². The topological polar surface area (TPSA) is 90.0 Å². The summed E-state index contributed by atoms with van der Waals surface area (Å²) in [6.07, 6.45) is 2.63. The zero-order valence-corrected chi connectivity index (χ0v) is 14.9. The van der Waals surface area contributed by atoms with Crippen molar-refractivity contribution in [2.24, 2.45) is 11.8 Å². The minimum absolute atomic E-state index is 0.0253. The van der Waals surface area contributed by atoms with E-state index in [1.165, 1.54) is 12.8 Å². The van der Waals surface area contributed by atoms with Gasteiger partial charge in [0.15, 0.2) is 0 Å². The average molecular weight is 350 g/mol. The number of rotatable bonds is 5. The first kappa shape index (κ1) is 17.7. The minimum atomic E-state index is -0.528. The number of hydrogen-bond acceptors (Lipinski definition) is 4. The molecule has 3 fully saturated rings. The lowest BCUT2D eigenvalue weighted by Crippen LogP contribution is -2.50. The third-order valence-electron chi connectivity index (χ3n) is 5.23. The quantitative estimate of drug-likeness (QED) is 0.709. The van der Waals surface area contributed by atoms with Crippen molar-refractivity contribution in [3.63, 3.8) is 0 Å². The molecule has 2 saturated heterocycles. The fraction of sp³-hybridized carbons (Fsp3) is 0.765. The van der Waals surface area contributed by atoms with Gasteiger partial charge in [-0.1, -0.05) is 13.8 Å². The summed E-state index contributed by atoms with van der Waals surface area (Å²) in [6.45, 7) is 5.37. The van der Waals surface area contributed by atoms with Gasteiger partial charge in [-0.05, 0) is 24.7 Å². The molecule has 8 nitrogen and oxygen atoms in total. The smallest absolute Gasteiger partial charge is 0.325 e. The number of imide groups is 1. The molecule has 5 amide bonds. The lowest BCUT2D eigenvalue weighted by molar-refractivity contribution is -0.137. The van der Waals surface area contributed by atoms with E-state index in [1.807, 2.05) is 4.90 Å². The molecule has 0 radical (unpaired) electrons. The van der Waals surface area contributed by atoms with Crippen LogP contribution in [-0.4, -0.2) is 77.2 Å². The summed E-state index contributed by atoms with van der Waals surface area (Å²) in [7, 11) is 0. The maximum atomic E-state index is 12.6. The Balaban J connectivity index is 1.69. The Morgan fingerprint density at radius 1 is 1.20 bits per heavy atom. The molecule has 3 rings (SSSR count). The maximum absolute atomic E-state index is 12.6. The van der Waals surface area contributed by atoms with Crippen molar-refractivity contribution < 1.29 is 19.2 Å². The van der Waals surface area contributed by atoms with E-state index in [2.05, 4.69) is 19.2 Å². The van der Waals surface area contributed by atoms with Gasteiger partial charge in [0.05, 0.1) is 12.6 Å². The summed E-state index contributed by atoms with van der Waals surface area (Å²) in [5.41, 5.74) is 0. The highest BCUT2D eigenvalue weighted by molar-refractivity contribution is 6.04. The van der Waals surface area contributed by atoms with E-state index in [0.717, 1.165) is 11.4 Å². The second kappa shape index (κ2) is 7.01. The maximum Gasteiger partial charge on any atom is 0.325 e. The van der Waals surface area contributed by atoms with Crippen molar-refractivity contribution in [1.29, 1.82) is 0 Å². The van der Waals surface area contributed by atoms with Crippen LogP contribution < -0.4 is 5.32 Å². The Kier molecular flexibility index (Phi) is 4.96. The largest absolute Gasteiger partial charge is 0.339 e. The Labute approximate surface area is 147 Å². The molecule has 1 aliphatic carbocycles. The molecular formula is C17H26N4O4. The molecule has 2 heterocycles. The van der Waals surface area contributed by atoms with Gasteiger partial charge in [0.1, 0.15) is 6.54 Å². The standard InChI is InChI=1S/C17H26N4O4/c1-11(2)13-9-19(6-5-14(22)20(13)8-12-3-4-12)16(24)10-21-15(23)7-18-17(21)25/h11-13H,3-10H2,1-2H3,(H,18,25). The first-order valence-electron chi connectivity index (χ1n) is 9.02. The summed E-state index contributed by atoms with van der Waals surface area (Å²) < 4.78 is 0. The van der Waals surface area contributed by atoms with E-state index in [1.54, 1.807) is 4.90 Å². The van der Waals surface area contributed by atoms with Gasteiger partial charge in [-0.2, -0.15) is 0 Å². The zero-order chi connectivity index (χ0) is 18.1. The molecule has 25 heavy (non-hydrogen) atoms. The number of nitrogens with one attached hydrogen (secondary N) is 1. The monoisotopic (exact) mass is 350 g/mol. The molecule has 2 aliphatic heterocycles. The highest BCUT2D eigenvalue weighted by atomic mass is 16.2. The molecule has 0 aromatic heterocycles. The molecular weight excluding hydrogens is 324 g/mol. The van der Waals surface area contributed by atoms with Gasteiger partial charge in [-0.15, -0.1) is 0 Å². The Morgan fingerprint density at radius 2 is 1.92 bits per heavy atom. The summed E-state index contributed by atoms with van der Waals surface area (Å²) in [5, 5.41) is 2.41. The number of amides is 5. The van der Waals surface area contributed by atoms with Gasteiger partial charge in [0, 0.05) is 26.1 Å². The van der Waals surface area contributed by atoms with Crippen LogP contribution in [0.1, 0.15) is 33.1 Å². The Bertz CT molecular complexity index is 571. The number of hydrogen-bond donors (Lipinski definition) is 1. The molecule has 3 aliphatic rings. The third kappa shape index (κ3) is 3.93. The van der Waals surface area contributed by atoms with Crippen LogP contribution in [0.2, 0.25) is 0 Å². The van der Waals surface area contributed by atoms with Gasteiger partial charge in [0.2, 0.25) is 11.8 Å². The molecule has 1 unspecified atom stereocenters. The minimum Gasteiger partial charge on any atom is -0.339 e. The molecule has 1 N–H and O–H groups in total. The summed E-state index contributed by atoms with van der Waals surface area (Å²) >= 11 is 0. The summed E-state index contributed by atoms with van der Waals surface area (Å²) in [4.78, 5) is 53.1. The fourth-order valence-corrected chi connectivity index (χ4v) is 3.44.